The molecule has 0 aliphatic carbocycles. The first-order valence-electron chi connectivity index (χ1n) is 5.32. The number of carboxylic acid groups (broad SMARTS) is 1. The van der Waals surface area contributed by atoms with Gasteiger partial charge in [0.05, 0.1) is 6.61 Å². The zero-order chi connectivity index (χ0) is 13.4. The second-order valence-electron chi connectivity index (χ2n) is 3.41. The molecule has 17 heavy (non-hydrogen) atoms. The van der Waals surface area contributed by atoms with Crippen LogP contribution in [0.2, 0.25) is 0 Å². The maximum absolute atomic E-state index is 11.5. The summed E-state index contributed by atoms with van der Waals surface area (Å²) in [5, 5.41) is 11.0. The number of nitrogens with one attached hydrogen (secondary N) is 1. The molecule has 0 bridgehead atoms. The number of carbonyl (C=O) groups is 3. The van der Waals surface area contributed by atoms with E-state index in [-0.39, 0.29) is 19.6 Å². The Labute approximate surface area is 99.7 Å². The molecular formula is C10H18N2O5. The molecule has 0 aromatic carbocycles. The van der Waals surface area contributed by atoms with E-state index < -0.39 is 24.0 Å². The van der Waals surface area contributed by atoms with Gasteiger partial charge in [0, 0.05) is 7.05 Å². The summed E-state index contributed by atoms with van der Waals surface area (Å²) in [6.07, 6.45) is 0.272. The van der Waals surface area contributed by atoms with Crippen molar-refractivity contribution in [1.29, 1.82) is 0 Å². The maximum atomic E-state index is 11.5. The van der Waals surface area contributed by atoms with Crippen LogP contribution in [0.15, 0.2) is 0 Å². The van der Waals surface area contributed by atoms with E-state index in [1.54, 1.807) is 13.8 Å². The minimum atomic E-state index is -1.11. The first-order valence-corrected chi connectivity index (χ1v) is 5.32. The summed E-state index contributed by atoms with van der Waals surface area (Å²) in [6, 6.07) is -1.57. The van der Waals surface area contributed by atoms with Gasteiger partial charge in [0.15, 0.2) is 0 Å². The predicted molar refractivity (Wildman–Crippen MR) is 59.5 cm³/mol. The van der Waals surface area contributed by atoms with Gasteiger partial charge >= 0.3 is 18.0 Å². The largest absolute Gasteiger partial charge is 0.480 e. The highest BCUT2D eigenvalue weighted by molar-refractivity contribution is 5.84. The zero-order valence-electron chi connectivity index (χ0n) is 10.2. The number of ether oxygens (including phenoxy) is 1. The second kappa shape index (κ2) is 7.48. The Hall–Kier alpha value is -1.79. The van der Waals surface area contributed by atoms with Crippen LogP contribution < -0.4 is 5.32 Å². The maximum Gasteiger partial charge on any atom is 0.326 e. The van der Waals surface area contributed by atoms with Gasteiger partial charge in [-0.2, -0.15) is 0 Å². The predicted octanol–water partition coefficient (Wildman–Crippen LogP) is 0.0541. The minimum absolute atomic E-state index is 0.213. The molecule has 2 amide bonds. The number of likely N-dealkylation sites (N-methyl/N-ethyl adjacent to an activating group) is 1. The standard InChI is InChI=1S/C10H18N2O5/c1-4-7(9(14)15)11-10(16)12(3)6-8(13)17-5-2/h7H,4-6H2,1-3H3,(H,11,16)(H,14,15)/t7-/m1/s1. The summed E-state index contributed by atoms with van der Waals surface area (Å²) in [5.41, 5.74) is 0. The number of amides is 2. The van der Waals surface area contributed by atoms with Crippen LogP contribution in [0.3, 0.4) is 0 Å². The molecule has 7 heteroatoms. The molecule has 0 unspecified atom stereocenters. The number of aliphatic carboxylic acids is 1. The molecule has 0 aliphatic heterocycles. The summed E-state index contributed by atoms with van der Waals surface area (Å²) < 4.78 is 4.66. The van der Waals surface area contributed by atoms with E-state index in [2.05, 4.69) is 10.1 Å². The number of hydrogen-bond donors (Lipinski definition) is 2. The summed E-state index contributed by atoms with van der Waals surface area (Å²) >= 11 is 0. The van der Waals surface area contributed by atoms with Gasteiger partial charge in [-0.25, -0.2) is 9.59 Å². The van der Waals surface area contributed by atoms with Crippen LogP contribution in [0.4, 0.5) is 4.79 Å². The van der Waals surface area contributed by atoms with Crippen molar-refractivity contribution in [2.75, 3.05) is 20.2 Å². The fraction of sp³-hybridized carbons (Fsp3) is 0.700. The molecule has 0 aromatic heterocycles. The molecule has 0 radical (unpaired) electrons. The number of carboxylic acids is 1. The second-order valence-corrected chi connectivity index (χ2v) is 3.41. The van der Waals surface area contributed by atoms with Crippen LogP contribution in [0.5, 0.6) is 0 Å². The Morgan fingerprint density at radius 3 is 2.35 bits per heavy atom. The van der Waals surface area contributed by atoms with E-state index in [0.29, 0.717) is 0 Å². The van der Waals surface area contributed by atoms with Crippen molar-refractivity contribution in [2.24, 2.45) is 0 Å². The van der Waals surface area contributed by atoms with Gasteiger partial charge in [-0.3, -0.25) is 4.79 Å². The van der Waals surface area contributed by atoms with Crippen LogP contribution in [0.1, 0.15) is 20.3 Å². The van der Waals surface area contributed by atoms with Crippen molar-refractivity contribution < 1.29 is 24.2 Å². The summed E-state index contributed by atoms with van der Waals surface area (Å²) in [5.74, 6) is -1.64. The van der Waals surface area contributed by atoms with Gasteiger partial charge in [-0.15, -0.1) is 0 Å². The first kappa shape index (κ1) is 15.2. The number of esters is 1. The van der Waals surface area contributed by atoms with E-state index in [1.807, 2.05) is 0 Å². The van der Waals surface area contributed by atoms with Crippen LogP contribution in [0, 0.1) is 0 Å². The van der Waals surface area contributed by atoms with E-state index in [0.717, 1.165) is 4.90 Å². The molecule has 0 spiro atoms. The highest BCUT2D eigenvalue weighted by atomic mass is 16.5. The molecule has 0 aliphatic rings. The number of nitrogens with zero attached hydrogens (tertiary/aromatic N) is 1. The smallest absolute Gasteiger partial charge is 0.326 e. The fourth-order valence-electron chi connectivity index (χ4n) is 1.07. The molecular weight excluding hydrogens is 228 g/mol. The quantitative estimate of drug-likeness (QED) is 0.646. The lowest BCUT2D eigenvalue weighted by Crippen LogP contribution is -2.47. The van der Waals surface area contributed by atoms with Gasteiger partial charge in [-0.1, -0.05) is 6.92 Å². The Kier molecular flexibility index (Phi) is 6.69. The molecule has 2 N–H and O–H groups in total. The van der Waals surface area contributed by atoms with Gasteiger partial charge in [0.25, 0.3) is 0 Å². The average molecular weight is 246 g/mol. The molecule has 0 fully saturated rings. The first-order chi connectivity index (χ1) is 7.92. The number of urea groups is 1. The van der Waals surface area contributed by atoms with E-state index in [1.165, 1.54) is 7.05 Å². The van der Waals surface area contributed by atoms with Crippen LogP contribution in [0.25, 0.3) is 0 Å². The van der Waals surface area contributed by atoms with Crippen LogP contribution in [-0.4, -0.2) is 54.2 Å². The molecule has 0 rings (SSSR count). The third-order valence-electron chi connectivity index (χ3n) is 2.02. The van der Waals surface area contributed by atoms with E-state index in [9.17, 15) is 14.4 Å². The van der Waals surface area contributed by atoms with Crippen LogP contribution >= 0.6 is 0 Å². The van der Waals surface area contributed by atoms with Crippen molar-refractivity contribution in [3.05, 3.63) is 0 Å². The van der Waals surface area contributed by atoms with E-state index >= 15 is 0 Å². The Morgan fingerprint density at radius 2 is 1.94 bits per heavy atom. The summed E-state index contributed by atoms with van der Waals surface area (Å²) in [6.45, 7) is 3.33. The molecule has 98 valence electrons. The summed E-state index contributed by atoms with van der Waals surface area (Å²) in [4.78, 5) is 34.3. The van der Waals surface area contributed by atoms with Crippen molar-refractivity contribution >= 4 is 18.0 Å². The van der Waals surface area contributed by atoms with Gasteiger partial charge in [-0.05, 0) is 13.3 Å². The molecule has 0 aromatic rings. The lowest BCUT2D eigenvalue weighted by atomic mass is 10.2. The lowest BCUT2D eigenvalue weighted by Gasteiger charge is -2.19. The third-order valence-corrected chi connectivity index (χ3v) is 2.02. The van der Waals surface area contributed by atoms with Crippen molar-refractivity contribution in [1.82, 2.24) is 10.2 Å². The highest BCUT2D eigenvalue weighted by Gasteiger charge is 2.20. The Morgan fingerprint density at radius 1 is 1.35 bits per heavy atom. The molecule has 1 atom stereocenters. The molecule has 7 nitrogen and oxygen atoms in total. The number of hydrogen-bond acceptors (Lipinski definition) is 4. The number of carbonyl (C=O) groups excluding carboxylic acids is 2. The molecule has 0 saturated carbocycles. The van der Waals surface area contributed by atoms with Crippen molar-refractivity contribution in [2.45, 2.75) is 26.3 Å². The van der Waals surface area contributed by atoms with Crippen LogP contribution in [-0.2, 0) is 14.3 Å². The Bertz CT molecular complexity index is 292. The molecule has 0 heterocycles. The summed E-state index contributed by atoms with van der Waals surface area (Å²) in [7, 11) is 1.39. The van der Waals surface area contributed by atoms with Crippen molar-refractivity contribution in [3.63, 3.8) is 0 Å². The topological polar surface area (TPSA) is 95.9 Å². The average Bonchev–Trinajstić information content (AvgIpc) is 2.25. The van der Waals surface area contributed by atoms with Gasteiger partial charge in [0.1, 0.15) is 12.6 Å². The monoisotopic (exact) mass is 246 g/mol. The lowest BCUT2D eigenvalue weighted by molar-refractivity contribution is -0.143. The van der Waals surface area contributed by atoms with E-state index in [4.69, 9.17) is 5.11 Å². The minimum Gasteiger partial charge on any atom is -0.480 e. The van der Waals surface area contributed by atoms with Crippen molar-refractivity contribution in [3.8, 4) is 0 Å². The highest BCUT2D eigenvalue weighted by Crippen LogP contribution is 1.94. The SMILES string of the molecule is CCOC(=O)CN(C)C(=O)N[C@H](CC)C(=O)O. The Balaban J connectivity index is 4.21. The van der Waals surface area contributed by atoms with Gasteiger partial charge in [0.2, 0.25) is 0 Å². The molecule has 0 saturated heterocycles. The zero-order valence-corrected chi connectivity index (χ0v) is 10.2. The van der Waals surface area contributed by atoms with Gasteiger partial charge < -0.3 is 20.1 Å². The fourth-order valence-corrected chi connectivity index (χ4v) is 1.07. The number of rotatable bonds is 6. The third kappa shape index (κ3) is 5.74. The normalized spacial score (nSPS) is 11.5.